The summed E-state index contributed by atoms with van der Waals surface area (Å²) < 4.78 is 32.9. The summed E-state index contributed by atoms with van der Waals surface area (Å²) in [6, 6.07) is 4.93. The van der Waals surface area contributed by atoms with Gasteiger partial charge in [-0.1, -0.05) is 17.7 Å². The van der Waals surface area contributed by atoms with Crippen molar-refractivity contribution in [3.05, 3.63) is 28.8 Å². The molecule has 7 nitrogen and oxygen atoms in total. The molecule has 2 heterocycles. The van der Waals surface area contributed by atoms with Crippen LogP contribution in [0.15, 0.2) is 23.1 Å². The average molecular weight is 416 g/mol. The van der Waals surface area contributed by atoms with Crippen LogP contribution in [0.5, 0.6) is 0 Å². The van der Waals surface area contributed by atoms with Crippen molar-refractivity contribution in [3.8, 4) is 0 Å². The van der Waals surface area contributed by atoms with Crippen molar-refractivity contribution in [2.45, 2.75) is 31.1 Å². The second kappa shape index (κ2) is 8.87. The van der Waals surface area contributed by atoms with E-state index in [1.54, 1.807) is 25.1 Å². The van der Waals surface area contributed by atoms with Crippen LogP contribution in [-0.2, 0) is 19.6 Å². The Labute approximate surface area is 165 Å². The fraction of sp³-hybridized carbons (Fsp3) is 0.611. The Kier molecular flexibility index (Phi) is 6.75. The lowest BCUT2D eigenvalue weighted by Crippen LogP contribution is -2.49. The highest BCUT2D eigenvalue weighted by atomic mass is 35.5. The molecule has 1 amide bonds. The second-order valence-electron chi connectivity index (χ2n) is 7.07. The van der Waals surface area contributed by atoms with Crippen molar-refractivity contribution in [3.63, 3.8) is 0 Å². The van der Waals surface area contributed by atoms with E-state index in [0.717, 1.165) is 12.8 Å². The molecule has 1 N–H and O–H groups in total. The summed E-state index contributed by atoms with van der Waals surface area (Å²) in [5.41, 5.74) is 3.46. The quantitative estimate of drug-likeness (QED) is 0.793. The normalized spacial score (nSPS) is 22.5. The molecule has 1 aromatic carbocycles. The number of piperidine rings is 1. The van der Waals surface area contributed by atoms with Gasteiger partial charge in [0.25, 0.3) is 0 Å². The van der Waals surface area contributed by atoms with Crippen LogP contribution in [0.1, 0.15) is 24.8 Å². The zero-order chi connectivity index (χ0) is 19.4. The number of ether oxygens (including phenoxy) is 1. The molecular formula is C18H26ClN3O4S. The van der Waals surface area contributed by atoms with Gasteiger partial charge in [-0.3, -0.25) is 10.2 Å². The first-order chi connectivity index (χ1) is 12.9. The van der Waals surface area contributed by atoms with Gasteiger partial charge in [-0.05, 0) is 43.4 Å². The van der Waals surface area contributed by atoms with Gasteiger partial charge in [0.15, 0.2) is 0 Å². The number of morpholine rings is 1. The fourth-order valence-corrected chi connectivity index (χ4v) is 5.61. The molecule has 1 atom stereocenters. The standard InChI is InChI=1S/C18H26ClN3O4S/c1-14-16(19)5-2-6-17(14)27(24,25)22-7-3-4-15(13-22)12-18(23)20-21-8-10-26-11-9-21/h2,5-6,15H,3-4,7-13H2,1H3,(H,20,23). The molecule has 27 heavy (non-hydrogen) atoms. The van der Waals surface area contributed by atoms with Crippen LogP contribution in [0, 0.1) is 12.8 Å². The highest BCUT2D eigenvalue weighted by Gasteiger charge is 2.32. The largest absolute Gasteiger partial charge is 0.379 e. The van der Waals surface area contributed by atoms with Crippen LogP contribution >= 0.6 is 11.6 Å². The average Bonchev–Trinajstić information content (AvgIpc) is 2.65. The third-order valence-electron chi connectivity index (χ3n) is 5.09. The Morgan fingerprint density at radius 1 is 1.30 bits per heavy atom. The van der Waals surface area contributed by atoms with Crippen LogP contribution in [-0.4, -0.2) is 63.0 Å². The van der Waals surface area contributed by atoms with Crippen LogP contribution in [0.2, 0.25) is 5.02 Å². The van der Waals surface area contributed by atoms with E-state index in [4.69, 9.17) is 16.3 Å². The van der Waals surface area contributed by atoms with Crippen LogP contribution < -0.4 is 5.43 Å². The van der Waals surface area contributed by atoms with Gasteiger partial charge in [-0.2, -0.15) is 4.31 Å². The van der Waals surface area contributed by atoms with Gasteiger partial charge >= 0.3 is 0 Å². The molecule has 0 radical (unpaired) electrons. The van der Waals surface area contributed by atoms with Gasteiger partial charge < -0.3 is 4.74 Å². The predicted octanol–water partition coefficient (Wildman–Crippen LogP) is 1.80. The Bertz CT molecular complexity index is 781. The van der Waals surface area contributed by atoms with E-state index >= 15 is 0 Å². The first-order valence-electron chi connectivity index (χ1n) is 9.25. The zero-order valence-electron chi connectivity index (χ0n) is 15.5. The molecule has 2 fully saturated rings. The van der Waals surface area contributed by atoms with Gasteiger partial charge in [-0.15, -0.1) is 0 Å². The summed E-state index contributed by atoms with van der Waals surface area (Å²) >= 11 is 6.10. The molecule has 0 bridgehead atoms. The highest BCUT2D eigenvalue weighted by Crippen LogP contribution is 2.29. The van der Waals surface area contributed by atoms with Crippen molar-refractivity contribution in [2.75, 3.05) is 39.4 Å². The Morgan fingerprint density at radius 2 is 2.04 bits per heavy atom. The maximum Gasteiger partial charge on any atom is 0.243 e. The van der Waals surface area contributed by atoms with E-state index in [2.05, 4.69) is 5.43 Å². The van der Waals surface area contributed by atoms with E-state index < -0.39 is 10.0 Å². The number of hydrazine groups is 1. The number of carbonyl (C=O) groups is 1. The predicted molar refractivity (Wildman–Crippen MR) is 103 cm³/mol. The Morgan fingerprint density at radius 3 is 2.78 bits per heavy atom. The first kappa shape index (κ1) is 20.5. The number of hydrogen-bond acceptors (Lipinski definition) is 5. The van der Waals surface area contributed by atoms with Crippen molar-refractivity contribution in [2.24, 2.45) is 5.92 Å². The highest BCUT2D eigenvalue weighted by molar-refractivity contribution is 7.89. The summed E-state index contributed by atoms with van der Waals surface area (Å²) in [6.45, 7) is 5.09. The zero-order valence-corrected chi connectivity index (χ0v) is 17.1. The van der Waals surface area contributed by atoms with Crippen molar-refractivity contribution < 1.29 is 17.9 Å². The molecule has 150 valence electrons. The molecule has 2 saturated heterocycles. The topological polar surface area (TPSA) is 79.0 Å². The van der Waals surface area contributed by atoms with Crippen molar-refractivity contribution in [1.29, 1.82) is 0 Å². The Hall–Kier alpha value is -1.19. The van der Waals surface area contributed by atoms with E-state index in [1.165, 1.54) is 4.31 Å². The number of sulfonamides is 1. The summed E-state index contributed by atoms with van der Waals surface area (Å²) in [6.07, 6.45) is 1.91. The minimum Gasteiger partial charge on any atom is -0.379 e. The molecule has 0 saturated carbocycles. The maximum absolute atomic E-state index is 13.1. The van der Waals surface area contributed by atoms with E-state index in [-0.39, 0.29) is 16.7 Å². The summed E-state index contributed by atoms with van der Waals surface area (Å²) in [5, 5.41) is 2.30. The van der Waals surface area contributed by atoms with Crippen molar-refractivity contribution >= 4 is 27.5 Å². The number of benzene rings is 1. The van der Waals surface area contributed by atoms with Gasteiger partial charge in [0, 0.05) is 37.6 Å². The smallest absolute Gasteiger partial charge is 0.243 e. The number of nitrogens with one attached hydrogen (secondary N) is 1. The van der Waals surface area contributed by atoms with Gasteiger partial charge in [0.05, 0.1) is 18.1 Å². The number of rotatable bonds is 5. The maximum atomic E-state index is 13.1. The number of carbonyl (C=O) groups excluding carboxylic acids is 1. The third kappa shape index (κ3) is 5.00. The molecule has 0 aliphatic carbocycles. The molecular weight excluding hydrogens is 390 g/mol. The molecule has 0 aromatic heterocycles. The minimum atomic E-state index is -3.62. The second-order valence-corrected chi connectivity index (χ2v) is 9.39. The number of halogens is 1. The molecule has 1 unspecified atom stereocenters. The lowest BCUT2D eigenvalue weighted by molar-refractivity contribution is -0.129. The lowest BCUT2D eigenvalue weighted by Gasteiger charge is -2.33. The van der Waals surface area contributed by atoms with Crippen LogP contribution in [0.25, 0.3) is 0 Å². The lowest BCUT2D eigenvalue weighted by atomic mass is 9.96. The van der Waals surface area contributed by atoms with E-state index in [9.17, 15) is 13.2 Å². The third-order valence-corrected chi connectivity index (χ3v) is 7.50. The first-order valence-corrected chi connectivity index (χ1v) is 11.1. The SMILES string of the molecule is Cc1c(Cl)cccc1S(=O)(=O)N1CCCC(CC(=O)NN2CCOCC2)C1. The molecule has 1 aromatic rings. The molecule has 2 aliphatic rings. The van der Waals surface area contributed by atoms with Crippen LogP contribution in [0.4, 0.5) is 0 Å². The molecule has 0 spiro atoms. The Balaban J connectivity index is 1.63. The minimum absolute atomic E-state index is 0.00839. The van der Waals surface area contributed by atoms with Gasteiger partial charge in [0.1, 0.15) is 0 Å². The van der Waals surface area contributed by atoms with Gasteiger partial charge in [0.2, 0.25) is 15.9 Å². The van der Waals surface area contributed by atoms with Crippen molar-refractivity contribution in [1.82, 2.24) is 14.7 Å². The molecule has 9 heteroatoms. The van der Waals surface area contributed by atoms with E-state index in [0.29, 0.717) is 56.4 Å². The number of hydrogen-bond donors (Lipinski definition) is 1. The number of amides is 1. The summed E-state index contributed by atoms with van der Waals surface area (Å²) in [5.74, 6) is -0.0610. The summed E-state index contributed by atoms with van der Waals surface area (Å²) in [7, 11) is -3.62. The molecule has 2 aliphatic heterocycles. The summed E-state index contributed by atoms with van der Waals surface area (Å²) in [4.78, 5) is 12.6. The number of nitrogens with zero attached hydrogens (tertiary/aromatic N) is 2. The monoisotopic (exact) mass is 415 g/mol. The fourth-order valence-electron chi connectivity index (χ4n) is 3.58. The molecule has 3 rings (SSSR count). The van der Waals surface area contributed by atoms with Crippen LogP contribution in [0.3, 0.4) is 0 Å². The van der Waals surface area contributed by atoms with E-state index in [1.807, 2.05) is 5.01 Å². The van der Waals surface area contributed by atoms with Gasteiger partial charge in [-0.25, -0.2) is 13.4 Å².